The number of carbonyl (C=O) groups is 1. The molecule has 0 aliphatic heterocycles. The molecule has 0 bridgehead atoms. The van der Waals surface area contributed by atoms with Crippen LogP contribution in [0.5, 0.6) is 0 Å². The highest BCUT2D eigenvalue weighted by molar-refractivity contribution is 5.92. The van der Waals surface area contributed by atoms with Crippen LogP contribution in [0.2, 0.25) is 0 Å². The van der Waals surface area contributed by atoms with E-state index in [1.807, 2.05) is 0 Å². The molecule has 0 spiro atoms. The van der Waals surface area contributed by atoms with Gasteiger partial charge in [0.2, 0.25) is 6.39 Å². The Balaban J connectivity index is 1.95. The van der Waals surface area contributed by atoms with E-state index in [1.165, 1.54) is 12.6 Å². The molecule has 0 fully saturated rings. The van der Waals surface area contributed by atoms with Crippen molar-refractivity contribution in [3.8, 4) is 11.8 Å². The number of amides is 1. The van der Waals surface area contributed by atoms with Crippen molar-refractivity contribution in [2.24, 2.45) is 5.73 Å². The number of nitrogens with one attached hydrogen (secondary N) is 1. The van der Waals surface area contributed by atoms with E-state index in [9.17, 15) is 4.79 Å². The van der Waals surface area contributed by atoms with Crippen LogP contribution in [-0.2, 0) is 6.54 Å². The van der Waals surface area contributed by atoms with Crippen LogP contribution in [0.3, 0.4) is 0 Å². The molecular weight excluding hydrogens is 246 g/mol. The Hall–Kier alpha value is -2.72. The fraction of sp³-hybridized carbons (Fsp3) is 0.167. The van der Waals surface area contributed by atoms with E-state index in [-0.39, 0.29) is 19.0 Å². The summed E-state index contributed by atoms with van der Waals surface area (Å²) in [5.41, 5.74) is 6.26. The predicted octanol–water partition coefficient (Wildman–Crippen LogP) is -0.295. The number of aromatic nitrogens is 3. The number of rotatable bonds is 3. The Morgan fingerprint density at radius 2 is 2.32 bits per heavy atom. The smallest absolute Gasteiger partial charge is 0.270 e. The number of nitrogens with zero attached hydrogens (tertiary/aromatic N) is 3. The number of hydrogen-bond acceptors (Lipinski definition) is 6. The van der Waals surface area contributed by atoms with Crippen molar-refractivity contribution in [2.75, 3.05) is 6.54 Å². The second-order valence-electron chi connectivity index (χ2n) is 3.47. The van der Waals surface area contributed by atoms with Crippen molar-refractivity contribution in [1.29, 1.82) is 0 Å². The molecule has 0 aliphatic carbocycles. The van der Waals surface area contributed by atoms with Gasteiger partial charge in [-0.2, -0.15) is 4.98 Å². The molecule has 2 heterocycles. The zero-order valence-corrected chi connectivity index (χ0v) is 9.96. The zero-order chi connectivity index (χ0) is 13.5. The molecule has 3 N–H and O–H groups in total. The molecule has 0 saturated heterocycles. The Morgan fingerprint density at radius 1 is 1.42 bits per heavy atom. The van der Waals surface area contributed by atoms with Crippen LogP contribution in [0.25, 0.3) is 0 Å². The van der Waals surface area contributed by atoms with Crippen LogP contribution in [0.4, 0.5) is 0 Å². The summed E-state index contributed by atoms with van der Waals surface area (Å²) in [4.78, 5) is 19.5. The molecular formula is C12H11N5O2. The molecule has 2 rings (SSSR count). The molecule has 0 atom stereocenters. The summed E-state index contributed by atoms with van der Waals surface area (Å²) >= 11 is 0. The van der Waals surface area contributed by atoms with Gasteiger partial charge in [-0.1, -0.05) is 17.0 Å². The standard InChI is InChI=1S/C12H11N5O2/c13-5-1-2-9-3-4-10(14-6-9)12(18)15-7-11-16-8-19-17-11/h3-4,6,8H,5,7,13H2,(H,15,18). The molecule has 0 aliphatic rings. The SMILES string of the molecule is NCC#Cc1ccc(C(=O)NCc2ncon2)nc1. The molecule has 0 aromatic carbocycles. The Bertz CT molecular complexity index is 595. The first-order valence-electron chi connectivity index (χ1n) is 5.48. The fourth-order valence-electron chi connectivity index (χ4n) is 1.28. The van der Waals surface area contributed by atoms with E-state index < -0.39 is 0 Å². The van der Waals surface area contributed by atoms with Crippen LogP contribution in [-0.4, -0.2) is 27.6 Å². The minimum Gasteiger partial charge on any atom is -0.343 e. The van der Waals surface area contributed by atoms with E-state index >= 15 is 0 Å². The van der Waals surface area contributed by atoms with Crippen LogP contribution < -0.4 is 11.1 Å². The summed E-state index contributed by atoms with van der Waals surface area (Å²) in [6, 6.07) is 3.30. The highest BCUT2D eigenvalue weighted by Gasteiger charge is 2.07. The van der Waals surface area contributed by atoms with Crippen LogP contribution >= 0.6 is 0 Å². The second kappa shape index (κ2) is 6.28. The Labute approximate surface area is 109 Å². The second-order valence-corrected chi connectivity index (χ2v) is 3.47. The van der Waals surface area contributed by atoms with Gasteiger partial charge in [0.25, 0.3) is 5.91 Å². The van der Waals surface area contributed by atoms with Crippen molar-refractivity contribution < 1.29 is 9.32 Å². The maximum absolute atomic E-state index is 11.7. The molecule has 1 amide bonds. The van der Waals surface area contributed by atoms with E-state index in [1.54, 1.807) is 12.1 Å². The summed E-state index contributed by atoms with van der Waals surface area (Å²) in [6.07, 6.45) is 2.72. The monoisotopic (exact) mass is 257 g/mol. The summed E-state index contributed by atoms with van der Waals surface area (Å²) < 4.78 is 4.55. The minimum absolute atomic E-state index is 0.186. The Morgan fingerprint density at radius 3 is 2.95 bits per heavy atom. The van der Waals surface area contributed by atoms with Crippen LogP contribution in [0, 0.1) is 11.8 Å². The highest BCUT2D eigenvalue weighted by atomic mass is 16.5. The molecule has 0 radical (unpaired) electrons. The number of nitrogens with two attached hydrogens (primary N) is 1. The summed E-state index contributed by atoms with van der Waals surface area (Å²) in [7, 11) is 0. The van der Waals surface area contributed by atoms with Gasteiger partial charge in [-0.3, -0.25) is 4.79 Å². The van der Waals surface area contributed by atoms with E-state index in [0.29, 0.717) is 17.1 Å². The van der Waals surface area contributed by atoms with E-state index in [4.69, 9.17) is 5.73 Å². The molecule has 19 heavy (non-hydrogen) atoms. The lowest BCUT2D eigenvalue weighted by Gasteiger charge is -2.01. The lowest BCUT2D eigenvalue weighted by Crippen LogP contribution is -2.24. The topological polar surface area (TPSA) is 107 Å². The first-order chi connectivity index (χ1) is 9.29. The van der Waals surface area contributed by atoms with Crippen molar-refractivity contribution in [2.45, 2.75) is 6.54 Å². The number of pyridine rings is 1. The average Bonchev–Trinajstić information content (AvgIpc) is 2.96. The molecule has 96 valence electrons. The maximum atomic E-state index is 11.7. The summed E-state index contributed by atoms with van der Waals surface area (Å²) in [5, 5.41) is 6.20. The fourth-order valence-corrected chi connectivity index (χ4v) is 1.28. The van der Waals surface area contributed by atoms with Gasteiger partial charge < -0.3 is 15.6 Å². The lowest BCUT2D eigenvalue weighted by molar-refractivity contribution is 0.0944. The Kier molecular flexibility index (Phi) is 4.21. The van der Waals surface area contributed by atoms with Crippen molar-refractivity contribution in [3.63, 3.8) is 0 Å². The number of carbonyl (C=O) groups excluding carboxylic acids is 1. The van der Waals surface area contributed by atoms with Gasteiger partial charge in [-0.15, -0.1) is 0 Å². The normalized spacial score (nSPS) is 9.53. The zero-order valence-electron chi connectivity index (χ0n) is 9.96. The van der Waals surface area contributed by atoms with Crippen LogP contribution in [0.1, 0.15) is 21.9 Å². The van der Waals surface area contributed by atoms with E-state index in [2.05, 4.69) is 36.8 Å². The lowest BCUT2D eigenvalue weighted by atomic mass is 10.2. The predicted molar refractivity (Wildman–Crippen MR) is 65.6 cm³/mol. The largest absolute Gasteiger partial charge is 0.343 e. The molecule has 0 saturated carbocycles. The molecule has 7 heteroatoms. The third kappa shape index (κ3) is 3.62. The van der Waals surface area contributed by atoms with Crippen molar-refractivity contribution >= 4 is 5.91 Å². The molecule has 0 unspecified atom stereocenters. The van der Waals surface area contributed by atoms with Gasteiger partial charge >= 0.3 is 0 Å². The third-order valence-corrected chi connectivity index (χ3v) is 2.14. The van der Waals surface area contributed by atoms with Gasteiger partial charge in [0.1, 0.15) is 5.69 Å². The first kappa shape index (κ1) is 12.7. The average molecular weight is 257 g/mol. The van der Waals surface area contributed by atoms with Gasteiger partial charge in [0.05, 0.1) is 13.1 Å². The minimum atomic E-state index is -0.317. The highest BCUT2D eigenvalue weighted by Crippen LogP contribution is 1.99. The van der Waals surface area contributed by atoms with Crippen molar-refractivity contribution in [1.82, 2.24) is 20.4 Å². The van der Waals surface area contributed by atoms with Gasteiger partial charge in [-0.25, -0.2) is 4.98 Å². The maximum Gasteiger partial charge on any atom is 0.270 e. The number of hydrogen-bond donors (Lipinski definition) is 2. The third-order valence-electron chi connectivity index (χ3n) is 2.14. The summed E-state index contributed by atoms with van der Waals surface area (Å²) in [6.45, 7) is 0.471. The molecule has 7 nitrogen and oxygen atoms in total. The van der Waals surface area contributed by atoms with Crippen molar-refractivity contribution in [3.05, 3.63) is 41.8 Å². The quantitative estimate of drug-likeness (QED) is 0.731. The van der Waals surface area contributed by atoms with Crippen LogP contribution in [0.15, 0.2) is 29.2 Å². The van der Waals surface area contributed by atoms with Gasteiger partial charge in [-0.05, 0) is 12.1 Å². The molecule has 2 aromatic heterocycles. The molecule has 2 aromatic rings. The van der Waals surface area contributed by atoms with Gasteiger partial charge in [0.15, 0.2) is 5.82 Å². The first-order valence-corrected chi connectivity index (χ1v) is 5.48. The van der Waals surface area contributed by atoms with Gasteiger partial charge in [0, 0.05) is 11.8 Å². The summed E-state index contributed by atoms with van der Waals surface area (Å²) in [5.74, 6) is 5.62. The van der Waals surface area contributed by atoms with E-state index in [0.717, 1.165) is 0 Å².